The predicted molar refractivity (Wildman–Crippen MR) is 106 cm³/mol. The van der Waals surface area contributed by atoms with Crippen molar-refractivity contribution in [2.45, 2.75) is 26.0 Å². The van der Waals surface area contributed by atoms with Crippen LogP contribution in [0.4, 0.5) is 5.69 Å². The van der Waals surface area contributed by atoms with E-state index in [1.165, 1.54) is 6.92 Å². The van der Waals surface area contributed by atoms with Gasteiger partial charge in [0.25, 0.3) is 5.91 Å². The Kier molecular flexibility index (Phi) is 6.31. The van der Waals surface area contributed by atoms with Crippen molar-refractivity contribution in [1.29, 1.82) is 0 Å². The van der Waals surface area contributed by atoms with Crippen LogP contribution >= 0.6 is 11.6 Å². The number of benzene rings is 2. The first-order valence-electron chi connectivity index (χ1n) is 9.01. The van der Waals surface area contributed by atoms with Crippen LogP contribution in [0.3, 0.4) is 0 Å². The monoisotopic (exact) mass is 400 g/mol. The fourth-order valence-corrected chi connectivity index (χ4v) is 3.19. The van der Waals surface area contributed by atoms with Gasteiger partial charge in [-0.25, -0.2) is 0 Å². The van der Waals surface area contributed by atoms with Gasteiger partial charge in [0.15, 0.2) is 6.10 Å². The van der Waals surface area contributed by atoms with Gasteiger partial charge in [-0.05, 0) is 24.6 Å². The lowest BCUT2D eigenvalue weighted by Gasteiger charge is -2.18. The Morgan fingerprint density at radius 2 is 1.86 bits per heavy atom. The molecule has 0 saturated carbocycles. The minimum atomic E-state index is -0.998. The van der Waals surface area contributed by atoms with E-state index in [4.69, 9.17) is 16.3 Å². The number of hydrogen-bond acceptors (Lipinski definition) is 4. The number of nitrogens with zero attached hydrogens (tertiary/aromatic N) is 1. The van der Waals surface area contributed by atoms with Gasteiger partial charge in [-0.3, -0.25) is 14.4 Å². The molecule has 2 amide bonds. The van der Waals surface area contributed by atoms with Crippen molar-refractivity contribution in [2.75, 3.05) is 11.9 Å². The molecular weight excluding hydrogens is 380 g/mol. The first-order chi connectivity index (χ1) is 13.4. The van der Waals surface area contributed by atoms with Gasteiger partial charge in [0.1, 0.15) is 0 Å². The first-order valence-corrected chi connectivity index (χ1v) is 9.39. The maximum Gasteiger partial charge on any atom is 0.312 e. The Morgan fingerprint density at radius 3 is 2.57 bits per heavy atom. The summed E-state index contributed by atoms with van der Waals surface area (Å²) in [6.45, 7) is 2.22. The third kappa shape index (κ3) is 4.89. The second kappa shape index (κ2) is 8.89. The molecule has 1 heterocycles. The summed E-state index contributed by atoms with van der Waals surface area (Å²) >= 11 is 6.02. The molecule has 0 aromatic heterocycles. The number of carbonyl (C=O) groups is 3. The van der Waals surface area contributed by atoms with Crippen LogP contribution in [0.5, 0.6) is 0 Å². The van der Waals surface area contributed by atoms with E-state index in [1.54, 1.807) is 29.2 Å². The number of anilines is 1. The number of likely N-dealkylation sites (tertiary alicyclic amines) is 1. The second-order valence-electron chi connectivity index (χ2n) is 6.71. The molecule has 3 rings (SSSR count). The van der Waals surface area contributed by atoms with Crippen LogP contribution in [0.2, 0.25) is 5.02 Å². The number of para-hydroxylation sites is 1. The number of halogens is 1. The Labute approximate surface area is 168 Å². The SMILES string of the molecule is C[C@H](OC(=O)[C@H]1CC(=O)N(Cc2ccccc2)C1)C(=O)Nc1ccccc1Cl. The molecule has 0 bridgehead atoms. The highest BCUT2D eigenvalue weighted by Crippen LogP contribution is 2.23. The Balaban J connectivity index is 1.53. The molecule has 146 valence electrons. The van der Waals surface area contributed by atoms with E-state index < -0.39 is 23.9 Å². The molecule has 0 unspecified atom stereocenters. The molecule has 1 aliphatic heterocycles. The van der Waals surface area contributed by atoms with Crippen LogP contribution in [-0.2, 0) is 25.7 Å². The lowest BCUT2D eigenvalue weighted by atomic mass is 10.1. The van der Waals surface area contributed by atoms with Gasteiger partial charge in [0.05, 0.1) is 16.6 Å². The van der Waals surface area contributed by atoms with Crippen molar-refractivity contribution in [3.8, 4) is 0 Å². The number of hydrogen-bond donors (Lipinski definition) is 1. The first kappa shape index (κ1) is 19.9. The number of ether oxygens (including phenoxy) is 1. The Bertz CT molecular complexity index is 872. The molecule has 1 N–H and O–H groups in total. The molecule has 6 nitrogen and oxygen atoms in total. The summed E-state index contributed by atoms with van der Waals surface area (Å²) in [4.78, 5) is 38.5. The molecule has 28 heavy (non-hydrogen) atoms. The molecule has 1 fully saturated rings. The van der Waals surface area contributed by atoms with Gasteiger partial charge in [0.2, 0.25) is 5.91 Å². The van der Waals surface area contributed by atoms with Gasteiger partial charge >= 0.3 is 5.97 Å². The highest BCUT2D eigenvalue weighted by molar-refractivity contribution is 6.33. The minimum Gasteiger partial charge on any atom is -0.452 e. The van der Waals surface area contributed by atoms with E-state index in [-0.39, 0.29) is 18.9 Å². The largest absolute Gasteiger partial charge is 0.452 e. The van der Waals surface area contributed by atoms with Gasteiger partial charge in [-0.15, -0.1) is 0 Å². The maximum absolute atomic E-state index is 12.4. The number of rotatable bonds is 6. The number of nitrogens with one attached hydrogen (secondary N) is 1. The van der Waals surface area contributed by atoms with Crippen LogP contribution in [0, 0.1) is 5.92 Å². The number of esters is 1. The van der Waals surface area contributed by atoms with Crippen LogP contribution in [0.1, 0.15) is 18.9 Å². The molecule has 1 saturated heterocycles. The standard InChI is InChI=1S/C21H21ClN2O4/c1-14(20(26)23-18-10-6-5-9-17(18)22)28-21(27)16-11-19(25)24(13-16)12-15-7-3-2-4-8-15/h2-10,14,16H,11-13H2,1H3,(H,23,26)/t14-,16-/m0/s1. The quantitative estimate of drug-likeness (QED) is 0.755. The number of carbonyl (C=O) groups excluding carboxylic acids is 3. The summed E-state index contributed by atoms with van der Waals surface area (Å²) in [6, 6.07) is 16.4. The fourth-order valence-electron chi connectivity index (χ4n) is 3.01. The molecule has 0 aliphatic carbocycles. The normalized spacial score (nSPS) is 17.3. The maximum atomic E-state index is 12.4. The summed E-state index contributed by atoms with van der Waals surface area (Å²) in [7, 11) is 0. The van der Waals surface area contributed by atoms with E-state index >= 15 is 0 Å². The van der Waals surface area contributed by atoms with Gasteiger partial charge in [-0.1, -0.05) is 54.1 Å². The lowest BCUT2D eigenvalue weighted by molar-refractivity contribution is -0.157. The zero-order chi connectivity index (χ0) is 20.1. The summed E-state index contributed by atoms with van der Waals surface area (Å²) in [5, 5.41) is 3.03. The smallest absolute Gasteiger partial charge is 0.312 e. The molecule has 1 aliphatic rings. The molecule has 0 spiro atoms. The summed E-state index contributed by atoms with van der Waals surface area (Å²) in [5.74, 6) is -1.71. The van der Waals surface area contributed by atoms with Crippen molar-refractivity contribution in [2.24, 2.45) is 5.92 Å². The van der Waals surface area contributed by atoms with E-state index in [0.717, 1.165) is 5.56 Å². The van der Waals surface area contributed by atoms with Crippen molar-refractivity contribution in [3.05, 3.63) is 65.2 Å². The topological polar surface area (TPSA) is 75.7 Å². The number of amides is 2. The van der Waals surface area contributed by atoms with Gasteiger partial charge in [-0.2, -0.15) is 0 Å². The molecular formula is C21H21ClN2O4. The van der Waals surface area contributed by atoms with Crippen molar-refractivity contribution in [3.63, 3.8) is 0 Å². The molecule has 0 radical (unpaired) electrons. The van der Waals surface area contributed by atoms with Gasteiger partial charge < -0.3 is 15.0 Å². The zero-order valence-electron chi connectivity index (χ0n) is 15.4. The Hall–Kier alpha value is -2.86. The van der Waals surface area contributed by atoms with Crippen molar-refractivity contribution in [1.82, 2.24) is 4.90 Å². The fraction of sp³-hybridized carbons (Fsp3) is 0.286. The highest BCUT2D eigenvalue weighted by atomic mass is 35.5. The second-order valence-corrected chi connectivity index (χ2v) is 7.12. The van der Waals surface area contributed by atoms with E-state index in [1.807, 2.05) is 30.3 Å². The minimum absolute atomic E-state index is 0.0878. The summed E-state index contributed by atoms with van der Waals surface area (Å²) in [6.07, 6.45) is -0.910. The van der Waals surface area contributed by atoms with Gasteiger partial charge in [0, 0.05) is 19.5 Å². The van der Waals surface area contributed by atoms with Crippen LogP contribution in [0.15, 0.2) is 54.6 Å². The average molecular weight is 401 g/mol. The van der Waals surface area contributed by atoms with E-state index in [0.29, 0.717) is 17.3 Å². The van der Waals surface area contributed by atoms with Crippen molar-refractivity contribution < 1.29 is 19.1 Å². The average Bonchev–Trinajstić information content (AvgIpc) is 3.05. The zero-order valence-corrected chi connectivity index (χ0v) is 16.2. The van der Waals surface area contributed by atoms with Crippen molar-refractivity contribution >= 4 is 35.1 Å². The van der Waals surface area contributed by atoms with E-state index in [9.17, 15) is 14.4 Å². The molecule has 7 heteroatoms. The predicted octanol–water partition coefficient (Wildman–Crippen LogP) is 3.26. The molecule has 2 aromatic rings. The van der Waals surface area contributed by atoms with E-state index in [2.05, 4.69) is 5.32 Å². The third-order valence-electron chi connectivity index (χ3n) is 4.56. The summed E-state index contributed by atoms with van der Waals surface area (Å²) in [5.41, 5.74) is 1.44. The van der Waals surface area contributed by atoms with Crippen LogP contribution in [0.25, 0.3) is 0 Å². The molecule has 2 aromatic carbocycles. The highest BCUT2D eigenvalue weighted by Gasteiger charge is 2.36. The lowest BCUT2D eigenvalue weighted by Crippen LogP contribution is -2.33. The Morgan fingerprint density at radius 1 is 1.18 bits per heavy atom. The third-order valence-corrected chi connectivity index (χ3v) is 4.89. The van der Waals surface area contributed by atoms with Crippen LogP contribution in [-0.4, -0.2) is 35.3 Å². The molecule has 2 atom stereocenters. The van der Waals surface area contributed by atoms with Crippen LogP contribution < -0.4 is 5.32 Å². The summed E-state index contributed by atoms with van der Waals surface area (Å²) < 4.78 is 5.28.